The van der Waals surface area contributed by atoms with E-state index in [-0.39, 0.29) is 13.2 Å². The summed E-state index contributed by atoms with van der Waals surface area (Å²) in [7, 11) is 1.25. The minimum Gasteiger partial charge on any atom is -0.438 e. The highest BCUT2D eigenvalue weighted by Gasteiger charge is 2.13. The number of hydrogen-bond donors (Lipinski definition) is 0. The predicted octanol–water partition coefficient (Wildman–Crippen LogP) is 5.51. The van der Waals surface area contributed by atoms with E-state index in [9.17, 15) is 9.59 Å². The van der Waals surface area contributed by atoms with Crippen LogP contribution in [0.25, 0.3) is 0 Å². The van der Waals surface area contributed by atoms with Crippen LogP contribution in [0.15, 0.2) is 48.5 Å². The van der Waals surface area contributed by atoms with Gasteiger partial charge in [0.25, 0.3) is 0 Å². The van der Waals surface area contributed by atoms with Gasteiger partial charge in [0.1, 0.15) is 19.3 Å². The molecule has 2 aromatic rings. The van der Waals surface area contributed by atoms with E-state index < -0.39 is 18.4 Å². The fraction of sp³-hybridized carbons (Fsp3) is 0.364. The third kappa shape index (κ3) is 6.61. The molecule has 0 aromatic heterocycles. The van der Waals surface area contributed by atoms with E-state index in [4.69, 9.17) is 14.2 Å². The summed E-state index contributed by atoms with van der Waals surface area (Å²) in [5.41, 5.74) is 3.75. The van der Waals surface area contributed by atoms with E-state index in [1.54, 1.807) is 24.3 Å². The average Bonchev–Trinajstić information content (AvgIpc) is 2.71. The minimum absolute atomic E-state index is 0.0932. The van der Waals surface area contributed by atoms with Crippen LogP contribution in [0.5, 0.6) is 0 Å². The van der Waals surface area contributed by atoms with Crippen LogP contribution in [-0.2, 0) is 32.2 Å². The molecule has 0 aliphatic carbocycles. The van der Waals surface area contributed by atoms with Crippen LogP contribution in [-0.4, -0.2) is 19.4 Å². The molecule has 0 fully saturated rings. The monoisotopic (exact) mass is 386 g/mol. The Morgan fingerprint density at radius 2 is 1.21 bits per heavy atom. The van der Waals surface area contributed by atoms with E-state index in [0.717, 1.165) is 16.7 Å². The van der Waals surface area contributed by atoms with Crippen LogP contribution >= 0.6 is 0 Å². The summed E-state index contributed by atoms with van der Waals surface area (Å²) in [5.74, 6) is 0.452. The zero-order valence-corrected chi connectivity index (χ0v) is 16.6. The van der Waals surface area contributed by atoms with Crippen molar-refractivity contribution >= 4 is 12.3 Å². The molecule has 6 nitrogen and oxygen atoms in total. The third-order valence-corrected chi connectivity index (χ3v) is 4.25. The normalized spacial score (nSPS) is 11.6. The molecule has 0 spiro atoms. The highest BCUT2D eigenvalue weighted by molar-refractivity contribution is 5.60. The van der Waals surface area contributed by atoms with Crippen LogP contribution < -0.4 is 0 Å². The molecule has 1 atom stereocenters. The summed E-state index contributed by atoms with van der Waals surface area (Å²) >= 11 is 0. The maximum Gasteiger partial charge on any atom is 0.509 e. The van der Waals surface area contributed by atoms with Crippen LogP contribution in [0.4, 0.5) is 9.59 Å². The lowest BCUT2D eigenvalue weighted by atomic mass is 10.0. The van der Waals surface area contributed by atoms with Gasteiger partial charge in [-0.05, 0) is 35.1 Å². The first-order chi connectivity index (χ1) is 13.4. The zero-order chi connectivity index (χ0) is 20.5. The second-order valence-electron chi connectivity index (χ2n) is 6.68. The Balaban J connectivity index is 1.79. The van der Waals surface area contributed by atoms with Crippen LogP contribution in [0.1, 0.15) is 55.0 Å². The largest absolute Gasteiger partial charge is 0.509 e. The van der Waals surface area contributed by atoms with Gasteiger partial charge >= 0.3 is 12.3 Å². The molecule has 0 N–H and O–H groups in total. The highest BCUT2D eigenvalue weighted by atomic mass is 16.7. The van der Waals surface area contributed by atoms with E-state index in [1.807, 2.05) is 31.2 Å². The minimum atomic E-state index is -0.733. The van der Waals surface area contributed by atoms with Crippen molar-refractivity contribution in [1.29, 1.82) is 0 Å². The van der Waals surface area contributed by atoms with Gasteiger partial charge in [-0.25, -0.2) is 9.59 Å². The summed E-state index contributed by atoms with van der Waals surface area (Å²) in [5, 5.41) is 0. The molecular formula is C22H26O6. The van der Waals surface area contributed by atoms with Gasteiger partial charge in [-0.2, -0.15) is 0 Å². The molecule has 0 saturated carbocycles. The van der Waals surface area contributed by atoms with Gasteiger partial charge in [0.15, 0.2) is 0 Å². The lowest BCUT2D eigenvalue weighted by Crippen LogP contribution is -2.11. The smallest absolute Gasteiger partial charge is 0.438 e. The topological polar surface area (TPSA) is 71.1 Å². The van der Waals surface area contributed by atoms with Crippen LogP contribution in [0.3, 0.4) is 0 Å². The molecule has 150 valence electrons. The molecule has 0 aliphatic heterocycles. The second-order valence-corrected chi connectivity index (χ2v) is 6.68. The van der Waals surface area contributed by atoms with Gasteiger partial charge in [0, 0.05) is 0 Å². The molecule has 0 bridgehead atoms. The van der Waals surface area contributed by atoms with Crippen molar-refractivity contribution in [2.75, 3.05) is 7.11 Å². The lowest BCUT2D eigenvalue weighted by Gasteiger charge is -2.15. The number of carbonyl (C=O) groups excluding carboxylic acids is 2. The molecule has 6 heteroatoms. The van der Waals surface area contributed by atoms with Gasteiger partial charge in [-0.3, -0.25) is 0 Å². The predicted molar refractivity (Wildman–Crippen MR) is 104 cm³/mol. The van der Waals surface area contributed by atoms with E-state index in [1.165, 1.54) is 12.7 Å². The van der Waals surface area contributed by atoms with Crippen molar-refractivity contribution in [2.24, 2.45) is 0 Å². The summed E-state index contributed by atoms with van der Waals surface area (Å²) in [6, 6.07) is 15.1. The zero-order valence-electron chi connectivity index (χ0n) is 16.6. The third-order valence-electron chi connectivity index (χ3n) is 4.25. The fourth-order valence-electron chi connectivity index (χ4n) is 2.47. The molecule has 0 radical (unpaired) electrons. The van der Waals surface area contributed by atoms with Crippen LogP contribution in [0.2, 0.25) is 0 Å². The molecule has 2 rings (SSSR count). The molecule has 0 saturated heterocycles. The standard InChI is InChI=1S/C22H26O6/c1-15(2)19-9-11-20(12-10-19)16(3)28-22(24)27-14-18-7-5-17(6-8-18)13-26-21(23)25-4/h5-12,15-16H,13-14H2,1-4H3. The van der Waals surface area contributed by atoms with Gasteiger partial charge in [-0.1, -0.05) is 62.4 Å². The van der Waals surface area contributed by atoms with Crippen molar-refractivity contribution in [2.45, 2.75) is 46.0 Å². The fourth-order valence-corrected chi connectivity index (χ4v) is 2.47. The molecular weight excluding hydrogens is 360 g/mol. The van der Waals surface area contributed by atoms with Crippen molar-refractivity contribution < 1.29 is 28.5 Å². The number of methoxy groups -OCH3 is 1. The molecule has 0 heterocycles. The van der Waals surface area contributed by atoms with Gasteiger partial charge in [-0.15, -0.1) is 0 Å². The Labute approximate surface area is 165 Å². The number of ether oxygens (including phenoxy) is 4. The highest BCUT2D eigenvalue weighted by Crippen LogP contribution is 2.21. The molecule has 28 heavy (non-hydrogen) atoms. The van der Waals surface area contributed by atoms with E-state index in [0.29, 0.717) is 5.92 Å². The summed E-state index contributed by atoms with van der Waals surface area (Å²) < 4.78 is 19.8. The van der Waals surface area contributed by atoms with Gasteiger partial charge in [0.05, 0.1) is 7.11 Å². The van der Waals surface area contributed by atoms with Crippen molar-refractivity contribution in [3.8, 4) is 0 Å². The first-order valence-electron chi connectivity index (χ1n) is 9.11. The Hall–Kier alpha value is -3.02. The van der Waals surface area contributed by atoms with E-state index >= 15 is 0 Å². The maximum atomic E-state index is 11.9. The Morgan fingerprint density at radius 1 is 0.750 bits per heavy atom. The van der Waals surface area contributed by atoms with Crippen LogP contribution in [0, 0.1) is 0 Å². The van der Waals surface area contributed by atoms with Crippen molar-refractivity contribution in [3.05, 3.63) is 70.8 Å². The number of rotatable bonds is 7. The summed E-state index contributed by atoms with van der Waals surface area (Å²) in [6.07, 6.45) is -1.85. The van der Waals surface area contributed by atoms with Crippen molar-refractivity contribution in [1.82, 2.24) is 0 Å². The first kappa shape index (κ1) is 21.3. The van der Waals surface area contributed by atoms with Crippen molar-refractivity contribution in [3.63, 3.8) is 0 Å². The molecule has 1 unspecified atom stereocenters. The van der Waals surface area contributed by atoms with E-state index in [2.05, 4.69) is 18.6 Å². The van der Waals surface area contributed by atoms with Gasteiger partial charge in [0.2, 0.25) is 0 Å². The Bertz CT molecular complexity index is 765. The molecule has 2 aromatic carbocycles. The number of hydrogen-bond acceptors (Lipinski definition) is 6. The maximum absolute atomic E-state index is 11.9. The molecule has 0 amide bonds. The number of carbonyl (C=O) groups is 2. The lowest BCUT2D eigenvalue weighted by molar-refractivity contribution is 0.0239. The first-order valence-corrected chi connectivity index (χ1v) is 9.11. The SMILES string of the molecule is COC(=O)OCc1ccc(COC(=O)OC(C)c2ccc(C(C)C)cc2)cc1. The molecule has 0 aliphatic rings. The second kappa shape index (κ2) is 10.3. The average molecular weight is 386 g/mol. The quantitative estimate of drug-likeness (QED) is 0.585. The summed E-state index contributed by atoms with van der Waals surface area (Å²) in [4.78, 5) is 22.9. The summed E-state index contributed by atoms with van der Waals surface area (Å²) in [6.45, 7) is 6.27. The Kier molecular flexibility index (Phi) is 7.87. The number of benzene rings is 2. The van der Waals surface area contributed by atoms with Gasteiger partial charge < -0.3 is 18.9 Å². The Morgan fingerprint density at radius 3 is 1.68 bits per heavy atom.